The van der Waals surface area contributed by atoms with Crippen molar-refractivity contribution >= 4 is 17.6 Å². The SMILES string of the molecule is CCCCCCC(=O)N(CCOC)CC(=O)Nc1cc(C)on1. The summed E-state index contributed by atoms with van der Waals surface area (Å²) in [4.78, 5) is 25.8. The number of hydrogen-bond acceptors (Lipinski definition) is 5. The summed E-state index contributed by atoms with van der Waals surface area (Å²) >= 11 is 0. The molecule has 0 saturated heterocycles. The fraction of sp³-hybridized carbons (Fsp3) is 0.688. The number of hydrogen-bond donors (Lipinski definition) is 1. The molecule has 0 spiro atoms. The summed E-state index contributed by atoms with van der Waals surface area (Å²) in [5.41, 5.74) is 0. The van der Waals surface area contributed by atoms with E-state index in [0.29, 0.717) is 31.2 Å². The smallest absolute Gasteiger partial charge is 0.245 e. The lowest BCUT2D eigenvalue weighted by molar-refractivity contribution is -0.135. The van der Waals surface area contributed by atoms with Crippen LogP contribution in [0, 0.1) is 6.92 Å². The van der Waals surface area contributed by atoms with Gasteiger partial charge in [0.05, 0.1) is 13.2 Å². The maximum Gasteiger partial charge on any atom is 0.245 e. The average Bonchev–Trinajstić information content (AvgIpc) is 2.92. The van der Waals surface area contributed by atoms with Crippen molar-refractivity contribution in [1.29, 1.82) is 0 Å². The van der Waals surface area contributed by atoms with E-state index in [9.17, 15) is 9.59 Å². The molecule has 23 heavy (non-hydrogen) atoms. The number of rotatable bonds is 11. The molecule has 0 aromatic carbocycles. The second-order valence-corrected chi connectivity index (χ2v) is 5.49. The lowest BCUT2D eigenvalue weighted by Gasteiger charge is -2.21. The Morgan fingerprint density at radius 2 is 2.13 bits per heavy atom. The molecule has 1 rings (SSSR count). The minimum Gasteiger partial charge on any atom is -0.383 e. The molecule has 0 aliphatic rings. The topological polar surface area (TPSA) is 84.7 Å². The van der Waals surface area contributed by atoms with Crippen LogP contribution in [0.2, 0.25) is 0 Å². The van der Waals surface area contributed by atoms with Gasteiger partial charge < -0.3 is 19.5 Å². The molecule has 0 atom stereocenters. The quantitative estimate of drug-likeness (QED) is 0.631. The predicted molar refractivity (Wildman–Crippen MR) is 87.1 cm³/mol. The molecule has 7 nitrogen and oxygen atoms in total. The van der Waals surface area contributed by atoms with E-state index in [1.54, 1.807) is 20.1 Å². The van der Waals surface area contributed by atoms with Gasteiger partial charge in [-0.1, -0.05) is 31.3 Å². The number of nitrogens with zero attached hydrogens (tertiary/aromatic N) is 2. The van der Waals surface area contributed by atoms with Crippen LogP contribution < -0.4 is 5.32 Å². The number of anilines is 1. The first kappa shape index (κ1) is 19.2. The van der Waals surface area contributed by atoms with Gasteiger partial charge in [0, 0.05) is 26.1 Å². The third-order valence-electron chi connectivity index (χ3n) is 3.39. The summed E-state index contributed by atoms with van der Waals surface area (Å²) in [7, 11) is 1.57. The van der Waals surface area contributed by atoms with Crippen LogP contribution in [0.3, 0.4) is 0 Å². The highest BCUT2D eigenvalue weighted by Crippen LogP contribution is 2.08. The first-order chi connectivity index (χ1) is 11.1. The number of aromatic nitrogens is 1. The molecule has 0 unspecified atom stereocenters. The van der Waals surface area contributed by atoms with Gasteiger partial charge in [0.25, 0.3) is 0 Å². The number of aryl methyl sites for hydroxylation is 1. The number of methoxy groups -OCH3 is 1. The maximum absolute atomic E-state index is 12.3. The predicted octanol–water partition coefficient (Wildman–Crippen LogP) is 2.37. The Balaban J connectivity index is 2.48. The Kier molecular flexibility index (Phi) is 8.97. The molecule has 1 aromatic rings. The average molecular weight is 325 g/mol. The van der Waals surface area contributed by atoms with Crippen LogP contribution in [0.1, 0.15) is 44.8 Å². The molecule has 1 aromatic heterocycles. The number of unbranched alkanes of at least 4 members (excludes halogenated alkanes) is 3. The molecule has 0 saturated carbocycles. The van der Waals surface area contributed by atoms with Crippen molar-refractivity contribution in [3.05, 3.63) is 11.8 Å². The van der Waals surface area contributed by atoms with Crippen molar-refractivity contribution in [2.75, 3.05) is 32.1 Å². The van der Waals surface area contributed by atoms with E-state index in [1.165, 1.54) is 4.90 Å². The number of ether oxygens (including phenoxy) is 1. The number of nitrogens with one attached hydrogen (secondary N) is 1. The maximum atomic E-state index is 12.3. The molecular weight excluding hydrogens is 298 g/mol. The van der Waals surface area contributed by atoms with Crippen molar-refractivity contribution in [2.45, 2.75) is 46.0 Å². The van der Waals surface area contributed by atoms with Crippen molar-refractivity contribution in [3.8, 4) is 0 Å². The lowest BCUT2D eigenvalue weighted by Crippen LogP contribution is -2.39. The molecular formula is C16H27N3O4. The van der Waals surface area contributed by atoms with Gasteiger partial charge in [-0.25, -0.2) is 0 Å². The molecule has 1 heterocycles. The standard InChI is InChI=1S/C16H27N3O4/c1-4-5-6-7-8-16(21)19(9-10-22-3)12-15(20)17-14-11-13(2)23-18-14/h11H,4-10,12H2,1-3H3,(H,17,18,20). The fourth-order valence-corrected chi connectivity index (χ4v) is 2.14. The Morgan fingerprint density at radius 1 is 1.35 bits per heavy atom. The molecule has 7 heteroatoms. The van der Waals surface area contributed by atoms with E-state index in [2.05, 4.69) is 17.4 Å². The van der Waals surface area contributed by atoms with Gasteiger partial charge in [-0.05, 0) is 13.3 Å². The van der Waals surface area contributed by atoms with Gasteiger partial charge in [-0.2, -0.15) is 0 Å². The molecule has 1 N–H and O–H groups in total. The fourth-order valence-electron chi connectivity index (χ4n) is 2.14. The van der Waals surface area contributed by atoms with Gasteiger partial charge in [-0.3, -0.25) is 9.59 Å². The molecule has 0 radical (unpaired) electrons. The zero-order valence-corrected chi connectivity index (χ0v) is 14.3. The van der Waals surface area contributed by atoms with Gasteiger partial charge in [0.2, 0.25) is 11.8 Å². The van der Waals surface area contributed by atoms with Gasteiger partial charge in [0.15, 0.2) is 5.82 Å². The second kappa shape index (κ2) is 10.8. The Hall–Kier alpha value is -1.89. The number of carbonyl (C=O) groups is 2. The van der Waals surface area contributed by atoms with E-state index in [-0.39, 0.29) is 18.4 Å². The molecule has 0 aliphatic heterocycles. The normalized spacial score (nSPS) is 10.6. The third-order valence-corrected chi connectivity index (χ3v) is 3.39. The summed E-state index contributed by atoms with van der Waals surface area (Å²) in [6.07, 6.45) is 4.59. The highest BCUT2D eigenvalue weighted by atomic mass is 16.5. The summed E-state index contributed by atoms with van der Waals surface area (Å²) < 4.78 is 9.91. The van der Waals surface area contributed by atoms with Crippen molar-refractivity contribution < 1.29 is 18.8 Å². The van der Waals surface area contributed by atoms with E-state index in [4.69, 9.17) is 9.26 Å². The van der Waals surface area contributed by atoms with Crippen LogP contribution in [0.5, 0.6) is 0 Å². The Bertz CT molecular complexity index is 487. The largest absolute Gasteiger partial charge is 0.383 e. The van der Waals surface area contributed by atoms with E-state index in [0.717, 1.165) is 25.7 Å². The van der Waals surface area contributed by atoms with Crippen molar-refractivity contribution in [1.82, 2.24) is 10.1 Å². The van der Waals surface area contributed by atoms with Crippen LogP contribution in [-0.2, 0) is 14.3 Å². The summed E-state index contributed by atoms with van der Waals surface area (Å²) in [6, 6.07) is 1.63. The van der Waals surface area contributed by atoms with Crippen molar-refractivity contribution in [2.24, 2.45) is 0 Å². The van der Waals surface area contributed by atoms with Crippen LogP contribution in [0.15, 0.2) is 10.6 Å². The van der Waals surface area contributed by atoms with E-state index >= 15 is 0 Å². The van der Waals surface area contributed by atoms with Crippen LogP contribution in [0.25, 0.3) is 0 Å². The molecule has 0 fully saturated rings. The second-order valence-electron chi connectivity index (χ2n) is 5.49. The van der Waals surface area contributed by atoms with Gasteiger partial charge in [0.1, 0.15) is 5.76 Å². The Morgan fingerprint density at radius 3 is 2.74 bits per heavy atom. The number of carbonyl (C=O) groups excluding carboxylic acids is 2. The van der Waals surface area contributed by atoms with E-state index < -0.39 is 0 Å². The molecule has 0 aliphatic carbocycles. The first-order valence-corrected chi connectivity index (χ1v) is 8.06. The van der Waals surface area contributed by atoms with Crippen molar-refractivity contribution in [3.63, 3.8) is 0 Å². The summed E-state index contributed by atoms with van der Waals surface area (Å²) in [5, 5.41) is 6.33. The highest BCUT2D eigenvalue weighted by molar-refractivity contribution is 5.93. The summed E-state index contributed by atoms with van der Waals surface area (Å²) in [5.74, 6) is 0.652. The van der Waals surface area contributed by atoms with Gasteiger partial charge >= 0.3 is 0 Å². The third kappa shape index (κ3) is 7.78. The van der Waals surface area contributed by atoms with Crippen LogP contribution >= 0.6 is 0 Å². The number of amides is 2. The molecule has 2 amide bonds. The highest BCUT2D eigenvalue weighted by Gasteiger charge is 2.17. The first-order valence-electron chi connectivity index (χ1n) is 8.06. The monoisotopic (exact) mass is 325 g/mol. The zero-order valence-electron chi connectivity index (χ0n) is 14.3. The van der Waals surface area contributed by atoms with Crippen LogP contribution in [-0.4, -0.2) is 48.7 Å². The lowest BCUT2D eigenvalue weighted by atomic mass is 10.1. The summed E-state index contributed by atoms with van der Waals surface area (Å²) in [6.45, 7) is 4.66. The zero-order chi connectivity index (χ0) is 17.1. The Labute approximate surface area is 137 Å². The minimum absolute atomic E-state index is 0.0120. The molecule has 130 valence electrons. The molecule has 0 bridgehead atoms. The van der Waals surface area contributed by atoms with Crippen LogP contribution in [0.4, 0.5) is 5.82 Å². The van der Waals surface area contributed by atoms with E-state index in [1.807, 2.05) is 0 Å². The minimum atomic E-state index is -0.295. The van der Waals surface area contributed by atoms with Gasteiger partial charge in [-0.15, -0.1) is 0 Å².